The highest BCUT2D eigenvalue weighted by Crippen LogP contribution is 2.35. The molecular weight excluding hydrogens is 390 g/mol. The van der Waals surface area contributed by atoms with Crippen molar-refractivity contribution in [2.75, 3.05) is 7.05 Å². The highest BCUT2D eigenvalue weighted by Gasteiger charge is 2.31. The Morgan fingerprint density at radius 2 is 1.67 bits per heavy atom. The normalized spacial score (nSPS) is 13.1. The minimum atomic E-state index is -3.69. The zero-order chi connectivity index (χ0) is 17.2. The van der Waals surface area contributed by atoms with Gasteiger partial charge in [0.05, 0.1) is 12.3 Å². The first-order chi connectivity index (χ1) is 11.5. The Labute approximate surface area is 149 Å². The first kappa shape index (κ1) is 17.0. The van der Waals surface area contributed by atoms with Crippen molar-refractivity contribution in [2.24, 2.45) is 0 Å². The zero-order valence-corrected chi connectivity index (χ0v) is 15.4. The van der Waals surface area contributed by atoms with Crippen molar-refractivity contribution in [3.05, 3.63) is 88.8 Å². The van der Waals surface area contributed by atoms with E-state index < -0.39 is 16.1 Å². The van der Waals surface area contributed by atoms with Gasteiger partial charge in [-0.05, 0) is 23.3 Å². The second kappa shape index (κ2) is 6.93. The van der Waals surface area contributed by atoms with Crippen molar-refractivity contribution in [2.45, 2.75) is 10.9 Å². The summed E-state index contributed by atoms with van der Waals surface area (Å²) in [5.74, 6) is 0. The smallest absolute Gasteiger partial charge is 0.246 e. The van der Waals surface area contributed by atoms with Crippen LogP contribution in [0.5, 0.6) is 0 Å². The van der Waals surface area contributed by atoms with Crippen LogP contribution in [0.3, 0.4) is 0 Å². The van der Waals surface area contributed by atoms with Gasteiger partial charge in [0.25, 0.3) is 0 Å². The maximum Gasteiger partial charge on any atom is 0.246 e. The van der Waals surface area contributed by atoms with Crippen molar-refractivity contribution in [3.8, 4) is 0 Å². The molecule has 1 unspecified atom stereocenters. The van der Waals surface area contributed by atoms with E-state index in [9.17, 15) is 8.42 Å². The molecule has 1 heterocycles. The van der Waals surface area contributed by atoms with E-state index in [1.54, 1.807) is 7.05 Å². The molecule has 1 aromatic heterocycles. The van der Waals surface area contributed by atoms with Crippen LogP contribution in [0.2, 0.25) is 0 Å². The predicted octanol–water partition coefficient (Wildman–Crippen LogP) is 4.45. The molecule has 1 atom stereocenters. The topological polar surface area (TPSA) is 50.5 Å². The van der Waals surface area contributed by atoms with Crippen molar-refractivity contribution in [1.29, 1.82) is 0 Å². The Hall–Kier alpha value is -1.89. The molecule has 24 heavy (non-hydrogen) atoms. The van der Waals surface area contributed by atoms with Crippen LogP contribution in [-0.2, 0) is 10.0 Å². The molecule has 0 radical (unpaired) electrons. The molecule has 3 aromatic rings. The number of rotatable bonds is 5. The molecule has 3 rings (SSSR count). The van der Waals surface area contributed by atoms with Crippen molar-refractivity contribution in [3.63, 3.8) is 0 Å². The summed E-state index contributed by atoms with van der Waals surface area (Å²) in [5, 5.41) is 0. The summed E-state index contributed by atoms with van der Waals surface area (Å²) < 4.78 is 33.1. The number of hydrogen-bond donors (Lipinski definition) is 0. The van der Waals surface area contributed by atoms with Gasteiger partial charge >= 0.3 is 0 Å². The van der Waals surface area contributed by atoms with Gasteiger partial charge in [-0.25, -0.2) is 8.42 Å². The van der Waals surface area contributed by atoms with Gasteiger partial charge in [-0.3, -0.25) is 0 Å². The molecule has 4 nitrogen and oxygen atoms in total. The maximum absolute atomic E-state index is 12.9. The summed E-state index contributed by atoms with van der Waals surface area (Å²) in [6, 6.07) is 18.2. The molecule has 0 spiro atoms. The Morgan fingerprint density at radius 1 is 1.00 bits per heavy atom. The van der Waals surface area contributed by atoms with Crippen LogP contribution >= 0.6 is 15.9 Å². The lowest BCUT2D eigenvalue weighted by molar-refractivity contribution is 0.416. The minimum absolute atomic E-state index is 0.137. The Balaban J connectivity index is 2.14. The van der Waals surface area contributed by atoms with E-state index in [0.29, 0.717) is 0 Å². The SMILES string of the molecule is CN(C(c1ccccc1)c1ccccc1Br)S(=O)(=O)c1ccoc1. The minimum Gasteiger partial charge on any atom is -0.471 e. The number of benzene rings is 2. The van der Waals surface area contributed by atoms with Crippen LogP contribution in [0.1, 0.15) is 17.2 Å². The van der Waals surface area contributed by atoms with Crippen LogP contribution in [-0.4, -0.2) is 19.8 Å². The molecule has 0 bridgehead atoms. The molecule has 0 N–H and O–H groups in total. The fraction of sp³-hybridized carbons (Fsp3) is 0.111. The van der Waals surface area contributed by atoms with Gasteiger partial charge in [-0.15, -0.1) is 0 Å². The van der Waals surface area contributed by atoms with Crippen LogP contribution in [0.15, 0.2) is 87.0 Å². The second-order valence-corrected chi connectivity index (χ2v) is 8.17. The van der Waals surface area contributed by atoms with Gasteiger partial charge in [0.1, 0.15) is 11.2 Å². The zero-order valence-electron chi connectivity index (χ0n) is 13.0. The van der Waals surface area contributed by atoms with Gasteiger partial charge in [0, 0.05) is 11.5 Å². The van der Waals surface area contributed by atoms with Crippen molar-refractivity contribution < 1.29 is 12.8 Å². The summed E-state index contributed by atoms with van der Waals surface area (Å²) in [6.45, 7) is 0. The molecule has 0 aliphatic rings. The van der Waals surface area contributed by atoms with Crippen LogP contribution < -0.4 is 0 Å². The average molecular weight is 406 g/mol. The number of nitrogens with zero attached hydrogens (tertiary/aromatic N) is 1. The van der Waals surface area contributed by atoms with Gasteiger partial charge in [-0.2, -0.15) is 4.31 Å². The second-order valence-electron chi connectivity index (χ2n) is 5.32. The van der Waals surface area contributed by atoms with Crippen LogP contribution in [0.4, 0.5) is 0 Å². The van der Waals surface area contributed by atoms with E-state index in [0.717, 1.165) is 15.6 Å². The molecule has 0 aliphatic heterocycles. The number of sulfonamides is 1. The largest absolute Gasteiger partial charge is 0.471 e. The molecule has 2 aromatic carbocycles. The summed E-state index contributed by atoms with van der Waals surface area (Å²) in [4.78, 5) is 0.137. The lowest BCUT2D eigenvalue weighted by atomic mass is 9.99. The van der Waals surface area contributed by atoms with E-state index in [-0.39, 0.29) is 4.90 Å². The summed E-state index contributed by atoms with van der Waals surface area (Å²) >= 11 is 3.54. The molecule has 0 amide bonds. The van der Waals surface area contributed by atoms with E-state index >= 15 is 0 Å². The first-order valence-corrected chi connectivity index (χ1v) is 9.54. The third-order valence-corrected chi connectivity index (χ3v) is 6.37. The van der Waals surface area contributed by atoms with Crippen molar-refractivity contribution in [1.82, 2.24) is 4.31 Å². The van der Waals surface area contributed by atoms with Crippen molar-refractivity contribution >= 4 is 26.0 Å². The van der Waals surface area contributed by atoms with E-state index in [1.165, 1.54) is 22.9 Å². The lowest BCUT2D eigenvalue weighted by Crippen LogP contribution is -2.32. The monoisotopic (exact) mass is 405 g/mol. The predicted molar refractivity (Wildman–Crippen MR) is 96.1 cm³/mol. The molecule has 0 saturated carbocycles. The highest BCUT2D eigenvalue weighted by atomic mass is 79.9. The third-order valence-electron chi connectivity index (χ3n) is 3.85. The van der Waals surface area contributed by atoms with Crippen LogP contribution in [0, 0.1) is 0 Å². The fourth-order valence-corrected chi connectivity index (χ4v) is 4.37. The van der Waals surface area contributed by atoms with Crippen LogP contribution in [0.25, 0.3) is 0 Å². The summed E-state index contributed by atoms with van der Waals surface area (Å²) in [7, 11) is -2.11. The number of halogens is 1. The Kier molecular flexibility index (Phi) is 4.89. The van der Waals surface area contributed by atoms with Gasteiger partial charge in [-0.1, -0.05) is 64.5 Å². The summed E-state index contributed by atoms with van der Waals surface area (Å²) in [5.41, 5.74) is 1.76. The van der Waals surface area contributed by atoms with Gasteiger partial charge in [0.15, 0.2) is 0 Å². The Bertz CT molecular complexity index is 908. The average Bonchev–Trinajstić information content (AvgIpc) is 3.13. The number of furan rings is 1. The quantitative estimate of drug-likeness (QED) is 0.629. The molecule has 0 saturated heterocycles. The lowest BCUT2D eigenvalue weighted by Gasteiger charge is -2.28. The first-order valence-electron chi connectivity index (χ1n) is 7.31. The van der Waals surface area contributed by atoms with E-state index in [2.05, 4.69) is 15.9 Å². The third kappa shape index (κ3) is 3.17. The van der Waals surface area contributed by atoms with Gasteiger partial charge in [0.2, 0.25) is 10.0 Å². The van der Waals surface area contributed by atoms with Gasteiger partial charge < -0.3 is 4.42 Å². The molecular formula is C18H16BrNO3S. The molecule has 6 heteroatoms. The Morgan fingerprint density at radius 3 is 2.29 bits per heavy atom. The fourth-order valence-electron chi connectivity index (χ4n) is 2.62. The molecule has 0 aliphatic carbocycles. The maximum atomic E-state index is 12.9. The standard InChI is InChI=1S/C18H16BrNO3S/c1-20(24(21,22)15-11-12-23-13-15)18(14-7-3-2-4-8-14)16-9-5-6-10-17(16)19/h2-13,18H,1H3. The molecule has 0 fully saturated rings. The highest BCUT2D eigenvalue weighted by molar-refractivity contribution is 9.10. The molecule has 124 valence electrons. The van der Waals surface area contributed by atoms with E-state index in [1.807, 2.05) is 54.6 Å². The number of hydrogen-bond acceptors (Lipinski definition) is 3. The summed E-state index contributed by atoms with van der Waals surface area (Å²) in [6.07, 6.45) is 2.60. The van der Waals surface area contributed by atoms with E-state index in [4.69, 9.17) is 4.42 Å².